The van der Waals surface area contributed by atoms with Gasteiger partial charge in [0.15, 0.2) is 0 Å². The molecule has 0 aliphatic heterocycles. The molecule has 5 aromatic rings. The van der Waals surface area contributed by atoms with Crippen molar-refractivity contribution >= 4 is 55.7 Å². The van der Waals surface area contributed by atoms with Gasteiger partial charge in [0.1, 0.15) is 7.05 Å². The Morgan fingerprint density at radius 1 is 0.833 bits per heavy atom. The molecule has 0 aliphatic carbocycles. The lowest BCUT2D eigenvalue weighted by Gasteiger charge is -2.17. The van der Waals surface area contributed by atoms with Crippen LogP contribution in [-0.2, 0) is 7.05 Å². The number of hydrogen-bond acceptors (Lipinski definition) is 1. The molecular weight excluding hydrogens is 398 g/mol. The SMILES string of the molecule is Cc1cc2c(sc3ccccc32)c(-c2ccc3ccc([Si](C)(C)C)cc3[n+]2C)c1C. The third-order valence-corrected chi connectivity index (χ3v) is 9.73. The largest absolute Gasteiger partial charge is 0.214 e. The van der Waals surface area contributed by atoms with Gasteiger partial charge in [0.2, 0.25) is 11.2 Å². The van der Waals surface area contributed by atoms with Crippen molar-refractivity contribution in [2.75, 3.05) is 0 Å². The smallest absolute Gasteiger partial charge is 0.194 e. The normalized spacial score (nSPS) is 12.3. The molecule has 30 heavy (non-hydrogen) atoms. The van der Waals surface area contributed by atoms with Gasteiger partial charge in [0.05, 0.1) is 13.6 Å². The summed E-state index contributed by atoms with van der Waals surface area (Å²) in [7, 11) is 0.862. The zero-order valence-electron chi connectivity index (χ0n) is 18.6. The van der Waals surface area contributed by atoms with Crippen molar-refractivity contribution < 1.29 is 4.57 Å². The first-order valence-corrected chi connectivity index (χ1v) is 14.9. The maximum absolute atomic E-state index is 2.43. The van der Waals surface area contributed by atoms with Crippen LogP contribution >= 0.6 is 11.3 Å². The number of hydrogen-bond donors (Lipinski definition) is 0. The number of aromatic nitrogens is 1. The number of benzene rings is 3. The van der Waals surface area contributed by atoms with Gasteiger partial charge >= 0.3 is 0 Å². The molecule has 2 aromatic heterocycles. The number of fused-ring (bicyclic) bond motifs is 4. The van der Waals surface area contributed by atoms with E-state index in [-0.39, 0.29) is 0 Å². The van der Waals surface area contributed by atoms with Gasteiger partial charge in [-0.15, -0.1) is 11.3 Å². The van der Waals surface area contributed by atoms with Gasteiger partial charge in [-0.3, -0.25) is 0 Å². The molecule has 2 heterocycles. The zero-order chi connectivity index (χ0) is 21.2. The standard InChI is InChI=1S/C27H28NSSi/c1-17-15-22-21-9-7-8-10-25(21)29-27(22)26(18(17)2)23-14-12-19-11-13-20(30(4,5)6)16-24(19)28(23)3/h7-16H,1-6H3/q+1. The summed E-state index contributed by atoms with van der Waals surface area (Å²) in [6, 6.07) is 22.8. The van der Waals surface area contributed by atoms with Crippen molar-refractivity contribution in [2.24, 2.45) is 7.05 Å². The van der Waals surface area contributed by atoms with Crippen LogP contribution in [0.3, 0.4) is 0 Å². The van der Waals surface area contributed by atoms with Crippen LogP contribution < -0.4 is 9.75 Å². The minimum absolute atomic E-state index is 1.30. The molecule has 3 heteroatoms. The van der Waals surface area contributed by atoms with E-state index in [0.29, 0.717) is 0 Å². The second kappa shape index (κ2) is 6.76. The van der Waals surface area contributed by atoms with Crippen LogP contribution in [0.5, 0.6) is 0 Å². The Morgan fingerprint density at radius 2 is 1.57 bits per heavy atom. The summed E-state index contributed by atoms with van der Waals surface area (Å²) >= 11 is 1.92. The van der Waals surface area contributed by atoms with E-state index in [4.69, 9.17) is 0 Å². The molecule has 3 aromatic carbocycles. The lowest BCUT2D eigenvalue weighted by molar-refractivity contribution is -0.633. The van der Waals surface area contributed by atoms with Crippen LogP contribution in [0.1, 0.15) is 11.1 Å². The van der Waals surface area contributed by atoms with E-state index in [9.17, 15) is 0 Å². The van der Waals surface area contributed by atoms with Gasteiger partial charge in [-0.05, 0) is 49.2 Å². The molecule has 0 radical (unpaired) electrons. The van der Waals surface area contributed by atoms with E-state index < -0.39 is 8.07 Å². The van der Waals surface area contributed by atoms with Crippen LogP contribution in [0.25, 0.3) is 42.3 Å². The van der Waals surface area contributed by atoms with Crippen molar-refractivity contribution in [3.05, 3.63) is 71.8 Å². The Kier molecular flexibility index (Phi) is 4.39. The Bertz CT molecular complexity index is 1450. The third kappa shape index (κ3) is 2.91. The highest BCUT2D eigenvalue weighted by Gasteiger charge is 2.24. The molecule has 0 aliphatic rings. The summed E-state index contributed by atoms with van der Waals surface area (Å²) in [4.78, 5) is 0. The minimum Gasteiger partial charge on any atom is -0.194 e. The summed E-state index contributed by atoms with van der Waals surface area (Å²) in [5.41, 5.74) is 6.74. The Morgan fingerprint density at radius 3 is 2.33 bits per heavy atom. The van der Waals surface area contributed by atoms with E-state index in [0.717, 1.165) is 0 Å². The fourth-order valence-corrected chi connectivity index (χ4v) is 6.94. The number of nitrogens with zero attached hydrogens (tertiary/aromatic N) is 1. The quantitative estimate of drug-likeness (QED) is 0.214. The molecule has 0 saturated carbocycles. The fraction of sp³-hybridized carbons (Fsp3) is 0.222. The number of aryl methyl sites for hydroxylation is 2. The van der Waals surface area contributed by atoms with Crippen molar-refractivity contribution in [3.8, 4) is 11.3 Å². The zero-order valence-corrected chi connectivity index (χ0v) is 20.4. The molecule has 0 saturated heterocycles. The highest BCUT2D eigenvalue weighted by Crippen LogP contribution is 2.42. The van der Waals surface area contributed by atoms with E-state index in [1.54, 1.807) is 0 Å². The van der Waals surface area contributed by atoms with Gasteiger partial charge in [0.25, 0.3) is 0 Å². The van der Waals surface area contributed by atoms with Crippen LogP contribution in [0.2, 0.25) is 19.6 Å². The van der Waals surface area contributed by atoms with Crippen LogP contribution in [0.15, 0.2) is 60.7 Å². The van der Waals surface area contributed by atoms with Crippen LogP contribution in [-0.4, -0.2) is 8.07 Å². The van der Waals surface area contributed by atoms with Crippen LogP contribution in [0, 0.1) is 13.8 Å². The highest BCUT2D eigenvalue weighted by atomic mass is 32.1. The van der Waals surface area contributed by atoms with Crippen molar-refractivity contribution in [1.29, 1.82) is 0 Å². The van der Waals surface area contributed by atoms with E-state index >= 15 is 0 Å². The first kappa shape index (κ1) is 19.5. The van der Waals surface area contributed by atoms with E-state index in [2.05, 4.69) is 106 Å². The minimum atomic E-state index is -1.37. The first-order valence-electron chi connectivity index (χ1n) is 10.6. The van der Waals surface area contributed by atoms with Gasteiger partial charge in [0, 0.05) is 37.7 Å². The number of thiophene rings is 1. The molecule has 0 unspecified atom stereocenters. The molecular formula is C27H28NSSi+. The summed E-state index contributed by atoms with van der Waals surface area (Å²) in [5.74, 6) is 0. The monoisotopic (exact) mass is 426 g/mol. The Balaban J connectivity index is 1.88. The molecule has 0 spiro atoms. The molecule has 5 rings (SSSR count). The average molecular weight is 427 g/mol. The second-order valence-electron chi connectivity index (χ2n) is 9.47. The lowest BCUT2D eigenvalue weighted by Crippen LogP contribution is -2.39. The second-order valence-corrected chi connectivity index (χ2v) is 15.6. The van der Waals surface area contributed by atoms with Crippen molar-refractivity contribution in [3.63, 3.8) is 0 Å². The van der Waals surface area contributed by atoms with Crippen LogP contribution in [0.4, 0.5) is 0 Å². The molecule has 0 atom stereocenters. The lowest BCUT2D eigenvalue weighted by atomic mass is 9.96. The summed E-state index contributed by atoms with van der Waals surface area (Å²) in [6.45, 7) is 11.8. The molecule has 0 fully saturated rings. The Hall–Kier alpha value is -2.49. The summed E-state index contributed by atoms with van der Waals surface area (Å²) < 4.78 is 5.17. The third-order valence-electron chi connectivity index (χ3n) is 6.48. The van der Waals surface area contributed by atoms with Gasteiger partial charge in [-0.2, -0.15) is 4.57 Å². The summed E-state index contributed by atoms with van der Waals surface area (Å²) in [5, 5.41) is 5.56. The van der Waals surface area contributed by atoms with Gasteiger partial charge < -0.3 is 0 Å². The Labute approximate surface area is 183 Å². The maximum atomic E-state index is 2.43. The molecule has 0 amide bonds. The van der Waals surface area contributed by atoms with Crippen molar-refractivity contribution in [2.45, 2.75) is 33.5 Å². The average Bonchev–Trinajstić information content (AvgIpc) is 3.07. The fourth-order valence-electron chi connectivity index (χ4n) is 4.50. The topological polar surface area (TPSA) is 3.88 Å². The molecule has 1 nitrogen and oxygen atoms in total. The number of rotatable bonds is 2. The molecule has 150 valence electrons. The molecule has 0 bridgehead atoms. The van der Waals surface area contributed by atoms with Gasteiger partial charge in [-0.1, -0.05) is 49.1 Å². The van der Waals surface area contributed by atoms with Crippen molar-refractivity contribution in [1.82, 2.24) is 0 Å². The molecule has 0 N–H and O–H groups in total. The predicted molar refractivity (Wildman–Crippen MR) is 136 cm³/mol. The van der Waals surface area contributed by atoms with E-state index in [1.807, 2.05) is 11.3 Å². The predicted octanol–water partition coefficient (Wildman–Crippen LogP) is 6.86. The van der Waals surface area contributed by atoms with Gasteiger partial charge in [-0.25, -0.2) is 0 Å². The highest BCUT2D eigenvalue weighted by molar-refractivity contribution is 7.26. The number of pyridine rings is 1. The first-order chi connectivity index (χ1) is 14.3. The maximum Gasteiger partial charge on any atom is 0.214 e. The van der Waals surface area contributed by atoms with E-state index in [1.165, 1.54) is 58.6 Å². The summed E-state index contributed by atoms with van der Waals surface area (Å²) in [6.07, 6.45) is 0.